The lowest BCUT2D eigenvalue weighted by atomic mass is 10.2. The van der Waals surface area contributed by atoms with Gasteiger partial charge in [-0.15, -0.1) is 11.3 Å². The van der Waals surface area contributed by atoms with E-state index in [0.29, 0.717) is 6.04 Å². The van der Waals surface area contributed by atoms with Crippen LogP contribution in [-0.2, 0) is 7.05 Å². The van der Waals surface area contributed by atoms with Gasteiger partial charge >= 0.3 is 0 Å². The predicted molar refractivity (Wildman–Crippen MR) is 63.8 cm³/mol. The summed E-state index contributed by atoms with van der Waals surface area (Å²) in [6, 6.07) is 2.44. The van der Waals surface area contributed by atoms with E-state index in [1.54, 1.807) is 11.3 Å². The Morgan fingerprint density at radius 3 is 3.19 bits per heavy atom. The first-order chi connectivity index (χ1) is 7.78. The second-order valence-corrected chi connectivity index (χ2v) is 4.98. The molecular weight excluding hydrogens is 222 g/mol. The summed E-state index contributed by atoms with van der Waals surface area (Å²) in [6.07, 6.45) is 3.91. The molecule has 2 aromatic rings. The van der Waals surface area contributed by atoms with E-state index in [-0.39, 0.29) is 0 Å². The van der Waals surface area contributed by atoms with Gasteiger partial charge in [-0.2, -0.15) is 5.10 Å². The zero-order valence-electron chi connectivity index (χ0n) is 9.23. The molecule has 0 spiro atoms. The van der Waals surface area contributed by atoms with Crippen molar-refractivity contribution in [3.63, 3.8) is 0 Å². The zero-order valence-corrected chi connectivity index (χ0v) is 10.0. The van der Waals surface area contributed by atoms with Crippen LogP contribution in [0, 0.1) is 0 Å². The highest BCUT2D eigenvalue weighted by molar-refractivity contribution is 7.16. The number of likely N-dealkylation sites (N-methyl/N-ethyl adjacent to an activating group) is 1. The molecule has 0 saturated heterocycles. The minimum atomic E-state index is 0.338. The molecule has 2 aromatic heterocycles. The van der Waals surface area contributed by atoms with Crippen molar-refractivity contribution in [2.24, 2.45) is 7.05 Å². The van der Waals surface area contributed by atoms with E-state index >= 15 is 0 Å². The number of rotatable bonds is 2. The van der Waals surface area contributed by atoms with E-state index in [1.165, 1.54) is 9.75 Å². The first kappa shape index (κ1) is 9.86. The van der Waals surface area contributed by atoms with Gasteiger partial charge in [0, 0.05) is 23.7 Å². The number of hydrogen-bond acceptors (Lipinski definition) is 4. The third kappa shape index (κ3) is 1.44. The van der Waals surface area contributed by atoms with Gasteiger partial charge in [-0.25, -0.2) is 0 Å². The van der Waals surface area contributed by atoms with Gasteiger partial charge in [-0.3, -0.25) is 4.68 Å². The number of thiophene rings is 1. The fourth-order valence-corrected chi connectivity index (χ4v) is 3.07. The molecule has 0 amide bonds. The molecule has 0 aliphatic carbocycles. The topological polar surface area (TPSA) is 39.1 Å². The van der Waals surface area contributed by atoms with Crippen molar-refractivity contribution in [2.75, 3.05) is 13.7 Å². The molecule has 1 aliphatic rings. The molecular formula is C11H13N3OS. The maximum Gasteiger partial charge on any atom is 0.135 e. The summed E-state index contributed by atoms with van der Waals surface area (Å²) >= 11 is 1.78. The fraction of sp³-hybridized carbons (Fsp3) is 0.364. The Morgan fingerprint density at radius 1 is 1.62 bits per heavy atom. The highest BCUT2D eigenvalue weighted by Crippen LogP contribution is 2.43. The van der Waals surface area contributed by atoms with Crippen LogP contribution in [0.1, 0.15) is 10.9 Å². The Balaban J connectivity index is 2.00. The molecule has 1 atom stereocenters. The van der Waals surface area contributed by atoms with Gasteiger partial charge < -0.3 is 10.1 Å². The standard InChI is InChI=1S/C11H13N3OS/c1-12-8-6-15-9-3-10(16-11(8)9)7-4-13-14(2)5-7/h3-5,8,12H,6H2,1-2H3. The fourth-order valence-electron chi connectivity index (χ4n) is 1.90. The molecule has 84 valence electrons. The number of aromatic nitrogens is 2. The van der Waals surface area contributed by atoms with Crippen molar-refractivity contribution in [3.05, 3.63) is 23.3 Å². The third-order valence-electron chi connectivity index (χ3n) is 2.78. The van der Waals surface area contributed by atoms with Crippen LogP contribution in [0.2, 0.25) is 0 Å². The summed E-state index contributed by atoms with van der Waals surface area (Å²) in [5, 5.41) is 7.44. The van der Waals surface area contributed by atoms with Crippen molar-refractivity contribution < 1.29 is 4.74 Å². The van der Waals surface area contributed by atoms with E-state index in [2.05, 4.69) is 16.5 Å². The smallest absolute Gasteiger partial charge is 0.135 e. The molecule has 5 heteroatoms. The minimum Gasteiger partial charge on any atom is -0.490 e. The summed E-state index contributed by atoms with van der Waals surface area (Å²) in [4.78, 5) is 2.51. The van der Waals surface area contributed by atoms with Gasteiger partial charge in [0.05, 0.1) is 17.1 Å². The summed E-state index contributed by atoms with van der Waals surface area (Å²) in [7, 11) is 3.89. The zero-order chi connectivity index (χ0) is 11.1. The van der Waals surface area contributed by atoms with Gasteiger partial charge in [0.25, 0.3) is 0 Å². The molecule has 0 aromatic carbocycles. The van der Waals surface area contributed by atoms with Gasteiger partial charge in [0.2, 0.25) is 0 Å². The molecule has 0 radical (unpaired) electrons. The number of ether oxygens (including phenoxy) is 1. The first-order valence-corrected chi connectivity index (χ1v) is 6.02. The number of aryl methyl sites for hydroxylation is 1. The van der Waals surface area contributed by atoms with Crippen molar-refractivity contribution in [3.8, 4) is 16.2 Å². The van der Waals surface area contributed by atoms with Crippen molar-refractivity contribution in [1.82, 2.24) is 15.1 Å². The lowest BCUT2D eigenvalue weighted by Crippen LogP contribution is -2.16. The van der Waals surface area contributed by atoms with Crippen LogP contribution in [0.15, 0.2) is 18.5 Å². The van der Waals surface area contributed by atoms with Crippen LogP contribution in [-0.4, -0.2) is 23.4 Å². The van der Waals surface area contributed by atoms with Crippen LogP contribution in [0.25, 0.3) is 10.4 Å². The lowest BCUT2D eigenvalue weighted by Gasteiger charge is -2.04. The molecule has 1 aliphatic heterocycles. The molecule has 0 fully saturated rings. The molecule has 0 saturated carbocycles. The lowest BCUT2D eigenvalue weighted by molar-refractivity contribution is 0.318. The average molecular weight is 235 g/mol. The normalized spacial score (nSPS) is 18.5. The van der Waals surface area contributed by atoms with Crippen molar-refractivity contribution in [2.45, 2.75) is 6.04 Å². The highest BCUT2D eigenvalue weighted by atomic mass is 32.1. The van der Waals surface area contributed by atoms with Gasteiger partial charge in [-0.05, 0) is 13.1 Å². The Hall–Kier alpha value is -1.33. The molecule has 1 unspecified atom stereocenters. The average Bonchev–Trinajstić information content (AvgIpc) is 2.90. The monoisotopic (exact) mass is 235 g/mol. The van der Waals surface area contributed by atoms with E-state index in [1.807, 2.05) is 31.2 Å². The van der Waals surface area contributed by atoms with Crippen LogP contribution in [0.4, 0.5) is 0 Å². The Morgan fingerprint density at radius 2 is 2.50 bits per heavy atom. The molecule has 3 rings (SSSR count). The highest BCUT2D eigenvalue weighted by Gasteiger charge is 2.26. The number of hydrogen-bond donors (Lipinski definition) is 1. The number of nitrogens with one attached hydrogen (secondary N) is 1. The van der Waals surface area contributed by atoms with Gasteiger partial charge in [-0.1, -0.05) is 0 Å². The van der Waals surface area contributed by atoms with Crippen LogP contribution < -0.4 is 10.1 Å². The third-order valence-corrected chi connectivity index (χ3v) is 4.06. The second-order valence-electron chi connectivity index (χ2n) is 3.89. The van der Waals surface area contributed by atoms with E-state index in [4.69, 9.17) is 4.74 Å². The molecule has 4 nitrogen and oxygen atoms in total. The van der Waals surface area contributed by atoms with Crippen molar-refractivity contribution >= 4 is 11.3 Å². The SMILES string of the molecule is CNC1COc2cc(-c3cnn(C)c3)sc21. The van der Waals surface area contributed by atoms with Crippen LogP contribution >= 0.6 is 11.3 Å². The molecule has 0 bridgehead atoms. The summed E-state index contributed by atoms with van der Waals surface area (Å²) in [5.74, 6) is 1.02. The Bertz CT molecular complexity index is 517. The molecule has 3 heterocycles. The Kier molecular flexibility index (Phi) is 2.22. The summed E-state index contributed by atoms with van der Waals surface area (Å²) in [5.41, 5.74) is 1.15. The van der Waals surface area contributed by atoms with Crippen molar-refractivity contribution in [1.29, 1.82) is 0 Å². The second kappa shape index (κ2) is 3.61. The minimum absolute atomic E-state index is 0.338. The van der Waals surface area contributed by atoms with E-state index < -0.39 is 0 Å². The predicted octanol–water partition coefficient (Wildman–Crippen LogP) is 1.80. The number of nitrogens with zero attached hydrogens (tertiary/aromatic N) is 2. The molecule has 1 N–H and O–H groups in total. The van der Waals surface area contributed by atoms with Gasteiger partial charge in [0.1, 0.15) is 12.4 Å². The quantitative estimate of drug-likeness (QED) is 0.862. The maximum absolute atomic E-state index is 5.63. The summed E-state index contributed by atoms with van der Waals surface area (Å²) < 4.78 is 7.45. The molecule has 16 heavy (non-hydrogen) atoms. The Labute approximate surface area is 97.9 Å². The van der Waals surface area contributed by atoms with Gasteiger partial charge in [0.15, 0.2) is 0 Å². The first-order valence-electron chi connectivity index (χ1n) is 5.20. The van der Waals surface area contributed by atoms with E-state index in [9.17, 15) is 0 Å². The largest absolute Gasteiger partial charge is 0.490 e. The summed E-state index contributed by atoms with van der Waals surface area (Å²) in [6.45, 7) is 0.741. The van der Waals surface area contributed by atoms with Crippen LogP contribution in [0.5, 0.6) is 5.75 Å². The number of fused-ring (bicyclic) bond motifs is 1. The van der Waals surface area contributed by atoms with E-state index in [0.717, 1.165) is 17.9 Å². The maximum atomic E-state index is 5.63. The van der Waals surface area contributed by atoms with Crippen LogP contribution in [0.3, 0.4) is 0 Å².